The van der Waals surface area contributed by atoms with Gasteiger partial charge in [-0.1, -0.05) is 31.2 Å². The first kappa shape index (κ1) is 11.3. The topological polar surface area (TPSA) is 60.7 Å². The van der Waals surface area contributed by atoms with E-state index in [1.165, 1.54) is 6.07 Å². The van der Waals surface area contributed by atoms with Gasteiger partial charge in [0.05, 0.1) is 0 Å². The first-order chi connectivity index (χ1) is 8.13. The van der Waals surface area contributed by atoms with Crippen molar-refractivity contribution in [2.24, 2.45) is 0 Å². The molecule has 3 N–H and O–H groups in total. The van der Waals surface area contributed by atoms with E-state index in [1.54, 1.807) is 0 Å². The quantitative estimate of drug-likeness (QED) is 0.549. The van der Waals surface area contributed by atoms with E-state index in [9.17, 15) is 15.3 Å². The van der Waals surface area contributed by atoms with Gasteiger partial charge in [0.1, 0.15) is 5.75 Å². The molecule has 0 heterocycles. The second kappa shape index (κ2) is 4.37. The molecule has 0 aliphatic carbocycles. The molecular formula is C14H14O3. The molecule has 0 amide bonds. The minimum atomic E-state index is -0.314. The molecular weight excluding hydrogens is 216 g/mol. The molecule has 0 fully saturated rings. The second-order valence-electron chi connectivity index (χ2n) is 3.87. The molecule has 0 saturated heterocycles. The molecule has 0 aliphatic rings. The van der Waals surface area contributed by atoms with Crippen molar-refractivity contribution in [1.29, 1.82) is 0 Å². The summed E-state index contributed by atoms with van der Waals surface area (Å²) in [6.45, 7) is 2.01. The van der Waals surface area contributed by atoms with Gasteiger partial charge in [-0.05, 0) is 23.6 Å². The predicted molar refractivity (Wildman–Crippen MR) is 66.3 cm³/mol. The van der Waals surface area contributed by atoms with Crippen LogP contribution in [0.15, 0.2) is 36.4 Å². The first-order valence-electron chi connectivity index (χ1n) is 5.46. The Labute approximate surface area is 99.6 Å². The molecule has 3 nitrogen and oxygen atoms in total. The molecule has 2 aromatic carbocycles. The summed E-state index contributed by atoms with van der Waals surface area (Å²) in [5, 5.41) is 28.8. The Morgan fingerprint density at radius 3 is 2.35 bits per heavy atom. The van der Waals surface area contributed by atoms with Crippen molar-refractivity contribution in [2.45, 2.75) is 13.3 Å². The third-order valence-electron chi connectivity index (χ3n) is 2.76. The summed E-state index contributed by atoms with van der Waals surface area (Å²) >= 11 is 0. The van der Waals surface area contributed by atoms with Gasteiger partial charge >= 0.3 is 0 Å². The lowest BCUT2D eigenvalue weighted by atomic mass is 9.97. The van der Waals surface area contributed by atoms with Gasteiger partial charge in [-0.25, -0.2) is 0 Å². The lowest BCUT2D eigenvalue weighted by Crippen LogP contribution is -1.88. The Balaban J connectivity index is 2.68. The predicted octanol–water partition coefficient (Wildman–Crippen LogP) is 3.03. The number of aryl methyl sites for hydroxylation is 1. The average molecular weight is 230 g/mol. The van der Waals surface area contributed by atoms with Crippen molar-refractivity contribution < 1.29 is 15.3 Å². The van der Waals surface area contributed by atoms with Gasteiger partial charge in [0, 0.05) is 11.6 Å². The summed E-state index contributed by atoms with van der Waals surface area (Å²) in [6, 6.07) is 10.1. The van der Waals surface area contributed by atoms with E-state index >= 15 is 0 Å². The lowest BCUT2D eigenvalue weighted by Gasteiger charge is -2.11. The van der Waals surface area contributed by atoms with Crippen molar-refractivity contribution in [3.05, 3.63) is 42.0 Å². The molecule has 2 rings (SSSR count). The summed E-state index contributed by atoms with van der Waals surface area (Å²) in [5.74, 6) is -0.587. The number of hydrogen-bond donors (Lipinski definition) is 3. The highest BCUT2D eigenvalue weighted by Gasteiger charge is 2.13. The molecule has 17 heavy (non-hydrogen) atoms. The molecule has 0 aliphatic heterocycles. The minimum absolute atomic E-state index is 0.0683. The van der Waals surface area contributed by atoms with Crippen LogP contribution in [0.1, 0.15) is 12.5 Å². The number of benzene rings is 2. The summed E-state index contributed by atoms with van der Waals surface area (Å²) in [4.78, 5) is 0. The second-order valence-corrected chi connectivity index (χ2v) is 3.87. The first-order valence-corrected chi connectivity index (χ1v) is 5.46. The molecule has 3 heteroatoms. The largest absolute Gasteiger partial charge is 0.508 e. The van der Waals surface area contributed by atoms with Gasteiger partial charge < -0.3 is 15.3 Å². The number of aromatic hydroxyl groups is 3. The number of hydrogen-bond acceptors (Lipinski definition) is 3. The fourth-order valence-electron chi connectivity index (χ4n) is 1.90. The van der Waals surface area contributed by atoms with Crippen molar-refractivity contribution in [1.82, 2.24) is 0 Å². The monoisotopic (exact) mass is 230 g/mol. The van der Waals surface area contributed by atoms with Crippen LogP contribution in [-0.2, 0) is 6.42 Å². The summed E-state index contributed by atoms with van der Waals surface area (Å²) < 4.78 is 0. The molecule has 0 aromatic heterocycles. The summed E-state index contributed by atoms with van der Waals surface area (Å²) in [6.07, 6.45) is 0.812. The van der Waals surface area contributed by atoms with Crippen LogP contribution >= 0.6 is 0 Å². The highest BCUT2D eigenvalue weighted by atomic mass is 16.3. The van der Waals surface area contributed by atoms with Gasteiger partial charge in [0.25, 0.3) is 0 Å². The van der Waals surface area contributed by atoms with E-state index in [0.29, 0.717) is 5.56 Å². The Morgan fingerprint density at radius 2 is 1.65 bits per heavy atom. The third kappa shape index (κ3) is 2.04. The number of rotatable bonds is 2. The van der Waals surface area contributed by atoms with Gasteiger partial charge in [-0.3, -0.25) is 0 Å². The molecule has 0 bridgehead atoms. The number of phenolic OH excluding ortho intramolecular Hbond substituents is 3. The van der Waals surface area contributed by atoms with E-state index in [1.807, 2.05) is 31.2 Å². The van der Waals surface area contributed by atoms with Crippen LogP contribution in [0.4, 0.5) is 0 Å². The molecule has 0 atom stereocenters. The van der Waals surface area contributed by atoms with Crippen LogP contribution in [0.2, 0.25) is 0 Å². The molecule has 0 spiro atoms. The molecule has 0 saturated carbocycles. The fraction of sp³-hybridized carbons (Fsp3) is 0.143. The molecule has 0 unspecified atom stereocenters. The summed E-state index contributed by atoms with van der Waals surface area (Å²) in [7, 11) is 0. The fourth-order valence-corrected chi connectivity index (χ4v) is 1.90. The minimum Gasteiger partial charge on any atom is -0.508 e. The highest BCUT2D eigenvalue weighted by Crippen LogP contribution is 2.40. The van der Waals surface area contributed by atoms with Gasteiger partial charge in [-0.15, -0.1) is 0 Å². The van der Waals surface area contributed by atoms with Crippen molar-refractivity contribution in [3.8, 4) is 28.4 Å². The maximum atomic E-state index is 9.83. The van der Waals surface area contributed by atoms with E-state index in [2.05, 4.69) is 0 Å². The van der Waals surface area contributed by atoms with Crippen molar-refractivity contribution in [2.75, 3.05) is 0 Å². The lowest BCUT2D eigenvalue weighted by molar-refractivity contribution is 0.398. The third-order valence-corrected chi connectivity index (χ3v) is 2.76. The van der Waals surface area contributed by atoms with Crippen LogP contribution in [0, 0.1) is 0 Å². The van der Waals surface area contributed by atoms with Crippen LogP contribution in [-0.4, -0.2) is 15.3 Å². The molecule has 0 radical (unpaired) electrons. The van der Waals surface area contributed by atoms with E-state index in [0.717, 1.165) is 23.6 Å². The Bertz CT molecular complexity index is 547. The number of phenols is 3. The highest BCUT2D eigenvalue weighted by molar-refractivity contribution is 5.77. The van der Waals surface area contributed by atoms with Crippen LogP contribution in [0.5, 0.6) is 17.2 Å². The zero-order valence-electron chi connectivity index (χ0n) is 9.51. The normalized spacial score (nSPS) is 10.4. The van der Waals surface area contributed by atoms with Crippen LogP contribution in [0.25, 0.3) is 11.1 Å². The summed E-state index contributed by atoms with van der Waals surface area (Å²) in [5.41, 5.74) is 2.31. The van der Waals surface area contributed by atoms with Gasteiger partial charge in [-0.2, -0.15) is 0 Å². The van der Waals surface area contributed by atoms with Crippen LogP contribution < -0.4 is 0 Å². The SMILES string of the molecule is CCc1ccccc1-c1cc(O)cc(O)c1O. The van der Waals surface area contributed by atoms with Crippen molar-refractivity contribution >= 4 is 0 Å². The maximum absolute atomic E-state index is 9.83. The molecule has 2 aromatic rings. The zero-order valence-corrected chi connectivity index (χ0v) is 9.51. The van der Waals surface area contributed by atoms with Crippen LogP contribution in [0.3, 0.4) is 0 Å². The van der Waals surface area contributed by atoms with E-state index in [4.69, 9.17) is 0 Å². The standard InChI is InChI=1S/C14H14O3/c1-2-9-5-3-4-6-11(9)12-7-10(15)8-13(16)14(12)17/h3-8,15-17H,2H2,1H3. The average Bonchev–Trinajstić information content (AvgIpc) is 2.33. The van der Waals surface area contributed by atoms with E-state index < -0.39 is 0 Å². The Hall–Kier alpha value is -2.16. The smallest absolute Gasteiger partial charge is 0.165 e. The maximum Gasteiger partial charge on any atom is 0.165 e. The van der Waals surface area contributed by atoms with Crippen molar-refractivity contribution in [3.63, 3.8) is 0 Å². The molecule has 88 valence electrons. The Kier molecular flexibility index (Phi) is 2.91. The van der Waals surface area contributed by atoms with Gasteiger partial charge in [0.2, 0.25) is 0 Å². The Morgan fingerprint density at radius 1 is 0.941 bits per heavy atom. The van der Waals surface area contributed by atoms with Gasteiger partial charge in [0.15, 0.2) is 11.5 Å². The zero-order chi connectivity index (χ0) is 12.4. The van der Waals surface area contributed by atoms with E-state index in [-0.39, 0.29) is 17.2 Å².